The van der Waals surface area contributed by atoms with Crippen LogP contribution in [0, 0.1) is 0 Å². The van der Waals surface area contributed by atoms with Crippen LogP contribution in [0.25, 0.3) is 0 Å². The van der Waals surface area contributed by atoms with Crippen LogP contribution < -0.4 is 5.32 Å². The normalized spacial score (nSPS) is 19.0. The predicted molar refractivity (Wildman–Crippen MR) is 82.4 cm³/mol. The first-order valence-corrected chi connectivity index (χ1v) is 8.17. The number of hydrogen-bond donors (Lipinski definition) is 1. The van der Waals surface area contributed by atoms with Crippen LogP contribution in [0.2, 0.25) is 0 Å². The molecule has 110 valence electrons. The summed E-state index contributed by atoms with van der Waals surface area (Å²) in [7, 11) is 1.90. The molecule has 1 fully saturated rings. The minimum absolute atomic E-state index is 0.115. The molecule has 3 amide bonds. The predicted octanol–water partition coefficient (Wildman–Crippen LogP) is 2.62. The number of rotatable bonds is 6. The fourth-order valence-corrected chi connectivity index (χ4v) is 3.75. The van der Waals surface area contributed by atoms with Gasteiger partial charge in [-0.3, -0.25) is 9.69 Å². The number of hydrogen-bond acceptors (Lipinski definition) is 4. The molecule has 0 bridgehead atoms. The third kappa shape index (κ3) is 3.59. The maximum absolute atomic E-state index is 12.1. The lowest BCUT2D eigenvalue weighted by molar-refractivity contribution is -0.129. The average molecular weight is 360 g/mol. The number of carbonyl (C=O) groups excluding carboxylic acids is 2. The van der Waals surface area contributed by atoms with Crippen LogP contribution in [-0.4, -0.2) is 41.5 Å². The SMILES string of the molecule is CCC[C@@H]1NC(=O)N(CN(C)Cc2ccc(Br)s2)C1=O. The zero-order valence-corrected chi connectivity index (χ0v) is 14.0. The minimum Gasteiger partial charge on any atom is -0.326 e. The van der Waals surface area contributed by atoms with Gasteiger partial charge in [0.05, 0.1) is 10.5 Å². The van der Waals surface area contributed by atoms with E-state index in [0.717, 1.165) is 10.2 Å². The number of imide groups is 1. The van der Waals surface area contributed by atoms with Crippen molar-refractivity contribution in [2.75, 3.05) is 13.7 Å². The maximum atomic E-state index is 12.1. The molecule has 2 rings (SSSR count). The lowest BCUT2D eigenvalue weighted by Gasteiger charge is -2.21. The largest absolute Gasteiger partial charge is 0.326 e. The van der Waals surface area contributed by atoms with Gasteiger partial charge in [-0.05, 0) is 41.5 Å². The molecule has 0 radical (unpaired) electrons. The Hall–Kier alpha value is -0.920. The fraction of sp³-hybridized carbons (Fsp3) is 0.538. The zero-order chi connectivity index (χ0) is 14.7. The first-order valence-electron chi connectivity index (χ1n) is 6.56. The van der Waals surface area contributed by atoms with Crippen LogP contribution in [0.3, 0.4) is 0 Å². The molecule has 1 aromatic heterocycles. The molecule has 5 nitrogen and oxygen atoms in total. The summed E-state index contributed by atoms with van der Waals surface area (Å²) in [5.41, 5.74) is 0. The van der Waals surface area contributed by atoms with E-state index >= 15 is 0 Å². The number of halogens is 1. The van der Waals surface area contributed by atoms with Gasteiger partial charge < -0.3 is 5.32 Å². The third-order valence-corrected chi connectivity index (χ3v) is 4.73. The Bertz CT molecular complexity index is 506. The first kappa shape index (κ1) is 15.5. The smallest absolute Gasteiger partial charge is 0.325 e. The van der Waals surface area contributed by atoms with Gasteiger partial charge in [0.2, 0.25) is 0 Å². The molecule has 7 heteroatoms. The summed E-state index contributed by atoms with van der Waals surface area (Å²) in [6.45, 7) is 3.04. The summed E-state index contributed by atoms with van der Waals surface area (Å²) < 4.78 is 1.08. The molecule has 2 heterocycles. The Morgan fingerprint density at radius 1 is 1.45 bits per heavy atom. The monoisotopic (exact) mass is 359 g/mol. The highest BCUT2D eigenvalue weighted by atomic mass is 79.9. The van der Waals surface area contributed by atoms with E-state index in [1.165, 1.54) is 9.78 Å². The highest BCUT2D eigenvalue weighted by molar-refractivity contribution is 9.11. The number of urea groups is 1. The molecule has 0 unspecified atom stereocenters. The molecule has 0 saturated carbocycles. The number of carbonyl (C=O) groups is 2. The van der Waals surface area contributed by atoms with Crippen molar-refractivity contribution in [1.82, 2.24) is 15.1 Å². The summed E-state index contributed by atoms with van der Waals surface area (Å²) in [5, 5.41) is 2.73. The Kier molecular flexibility index (Phi) is 5.17. The Labute approximate surface area is 131 Å². The van der Waals surface area contributed by atoms with Gasteiger partial charge in [0.25, 0.3) is 5.91 Å². The van der Waals surface area contributed by atoms with Crippen molar-refractivity contribution in [2.45, 2.75) is 32.4 Å². The second kappa shape index (κ2) is 6.69. The van der Waals surface area contributed by atoms with Gasteiger partial charge in [-0.1, -0.05) is 13.3 Å². The van der Waals surface area contributed by atoms with E-state index in [1.807, 2.05) is 31.0 Å². The van der Waals surface area contributed by atoms with E-state index in [0.29, 0.717) is 19.6 Å². The van der Waals surface area contributed by atoms with Crippen LogP contribution in [-0.2, 0) is 11.3 Å². The molecular formula is C13H18BrN3O2S. The maximum Gasteiger partial charge on any atom is 0.325 e. The molecule has 1 N–H and O–H groups in total. The van der Waals surface area contributed by atoms with Gasteiger partial charge in [-0.15, -0.1) is 11.3 Å². The van der Waals surface area contributed by atoms with Crippen LogP contribution >= 0.6 is 27.3 Å². The van der Waals surface area contributed by atoms with Gasteiger partial charge in [0.1, 0.15) is 6.04 Å². The molecule has 1 aliphatic heterocycles. The minimum atomic E-state index is -0.350. The van der Waals surface area contributed by atoms with E-state index in [1.54, 1.807) is 11.3 Å². The van der Waals surface area contributed by atoms with Crippen molar-refractivity contribution < 1.29 is 9.59 Å². The van der Waals surface area contributed by atoms with E-state index in [9.17, 15) is 9.59 Å². The molecule has 1 aliphatic rings. The lowest BCUT2D eigenvalue weighted by atomic mass is 10.2. The average Bonchev–Trinajstić information content (AvgIpc) is 2.89. The summed E-state index contributed by atoms with van der Waals surface area (Å²) >= 11 is 5.08. The molecule has 20 heavy (non-hydrogen) atoms. The molecule has 0 aliphatic carbocycles. The first-order chi connectivity index (χ1) is 9.51. The second-order valence-electron chi connectivity index (χ2n) is 4.92. The van der Waals surface area contributed by atoms with Gasteiger partial charge in [-0.25, -0.2) is 9.69 Å². The van der Waals surface area contributed by atoms with Crippen molar-refractivity contribution in [3.8, 4) is 0 Å². The van der Waals surface area contributed by atoms with E-state index in [-0.39, 0.29) is 18.0 Å². The van der Waals surface area contributed by atoms with E-state index in [4.69, 9.17) is 0 Å². The summed E-state index contributed by atoms with van der Waals surface area (Å²) in [5.74, 6) is -0.115. The Morgan fingerprint density at radius 3 is 2.80 bits per heavy atom. The third-order valence-electron chi connectivity index (χ3n) is 3.12. The zero-order valence-electron chi connectivity index (χ0n) is 11.6. The van der Waals surface area contributed by atoms with Crippen molar-refractivity contribution in [2.24, 2.45) is 0 Å². The molecule has 1 atom stereocenters. The molecule has 1 saturated heterocycles. The number of thiophene rings is 1. The second-order valence-corrected chi connectivity index (χ2v) is 7.47. The van der Waals surface area contributed by atoms with Crippen molar-refractivity contribution >= 4 is 39.2 Å². The van der Waals surface area contributed by atoms with Crippen LogP contribution in [0.15, 0.2) is 15.9 Å². The van der Waals surface area contributed by atoms with Crippen molar-refractivity contribution in [3.05, 3.63) is 20.8 Å². The highest BCUT2D eigenvalue weighted by Gasteiger charge is 2.37. The topological polar surface area (TPSA) is 52.7 Å². The molecule has 0 aromatic carbocycles. The quantitative estimate of drug-likeness (QED) is 0.794. The van der Waals surface area contributed by atoms with Crippen molar-refractivity contribution in [3.63, 3.8) is 0 Å². The van der Waals surface area contributed by atoms with E-state index < -0.39 is 0 Å². The van der Waals surface area contributed by atoms with E-state index in [2.05, 4.69) is 21.2 Å². The van der Waals surface area contributed by atoms with Crippen molar-refractivity contribution in [1.29, 1.82) is 0 Å². The van der Waals surface area contributed by atoms with Gasteiger partial charge in [0.15, 0.2) is 0 Å². The van der Waals surface area contributed by atoms with Crippen LogP contribution in [0.4, 0.5) is 4.79 Å². The Balaban J connectivity index is 1.92. The van der Waals surface area contributed by atoms with Crippen LogP contribution in [0.5, 0.6) is 0 Å². The summed E-state index contributed by atoms with van der Waals surface area (Å²) in [6.07, 6.45) is 1.58. The standard InChI is InChI=1S/C13H18BrN3O2S/c1-3-4-10-12(18)17(13(19)15-10)8-16(2)7-9-5-6-11(14)20-9/h5-6,10H,3-4,7-8H2,1-2H3,(H,15,19)/t10-/m0/s1. The highest BCUT2D eigenvalue weighted by Crippen LogP contribution is 2.23. The molecular weight excluding hydrogens is 342 g/mol. The van der Waals surface area contributed by atoms with Crippen LogP contribution in [0.1, 0.15) is 24.6 Å². The molecule has 0 spiro atoms. The summed E-state index contributed by atoms with van der Waals surface area (Å²) in [4.78, 5) is 28.4. The summed E-state index contributed by atoms with van der Waals surface area (Å²) in [6, 6.07) is 3.40. The van der Waals surface area contributed by atoms with Gasteiger partial charge in [-0.2, -0.15) is 0 Å². The number of nitrogens with one attached hydrogen (secondary N) is 1. The number of amides is 3. The lowest BCUT2D eigenvalue weighted by Crippen LogP contribution is -2.40. The number of nitrogens with zero attached hydrogens (tertiary/aromatic N) is 2. The molecule has 1 aromatic rings. The Morgan fingerprint density at radius 2 is 2.20 bits per heavy atom. The fourth-order valence-electron chi connectivity index (χ4n) is 2.19. The van der Waals surface area contributed by atoms with Gasteiger partial charge in [0, 0.05) is 11.4 Å². The van der Waals surface area contributed by atoms with Gasteiger partial charge >= 0.3 is 6.03 Å².